The molecule has 0 radical (unpaired) electrons. The molecular formula is C19H21BCl2O3. The van der Waals surface area contributed by atoms with Crippen LogP contribution in [0.1, 0.15) is 33.3 Å². The Bertz CT molecular complexity index is 761. The van der Waals surface area contributed by atoms with Gasteiger partial charge in [0.15, 0.2) is 0 Å². The van der Waals surface area contributed by atoms with Crippen molar-refractivity contribution in [2.45, 2.75) is 45.5 Å². The second-order valence-electron chi connectivity index (χ2n) is 7.20. The zero-order chi connectivity index (χ0) is 18.2. The van der Waals surface area contributed by atoms with Crippen molar-refractivity contribution < 1.29 is 14.0 Å². The van der Waals surface area contributed by atoms with Gasteiger partial charge in [-0.1, -0.05) is 41.4 Å². The Hall–Kier alpha value is -1.20. The van der Waals surface area contributed by atoms with Gasteiger partial charge in [-0.05, 0) is 63.0 Å². The monoisotopic (exact) mass is 378 g/mol. The summed E-state index contributed by atoms with van der Waals surface area (Å²) in [4.78, 5) is 0. The van der Waals surface area contributed by atoms with E-state index in [2.05, 4.69) is 0 Å². The van der Waals surface area contributed by atoms with Gasteiger partial charge in [0.2, 0.25) is 0 Å². The predicted octanol–water partition coefficient (Wildman–Crippen LogP) is 4.87. The van der Waals surface area contributed by atoms with Crippen LogP contribution in [-0.2, 0) is 15.9 Å². The normalized spacial score (nSPS) is 18.4. The Morgan fingerprint density at radius 3 is 2.24 bits per heavy atom. The summed E-state index contributed by atoms with van der Waals surface area (Å²) in [5.41, 5.74) is 1.16. The summed E-state index contributed by atoms with van der Waals surface area (Å²) in [5.74, 6) is 0.748. The number of hydrogen-bond donors (Lipinski definition) is 0. The van der Waals surface area contributed by atoms with Crippen LogP contribution < -0.4 is 10.2 Å². The van der Waals surface area contributed by atoms with Gasteiger partial charge in [0.05, 0.1) is 21.2 Å². The number of benzene rings is 2. The Kier molecular flexibility index (Phi) is 5.09. The van der Waals surface area contributed by atoms with E-state index in [9.17, 15) is 0 Å². The van der Waals surface area contributed by atoms with Crippen molar-refractivity contribution in [1.82, 2.24) is 0 Å². The molecule has 1 aliphatic heterocycles. The SMILES string of the molecule is CC1(C)OB(c2cccc(OCc3ccc(Cl)c(Cl)c3)c2)OC1(C)C. The first-order chi connectivity index (χ1) is 11.7. The minimum Gasteiger partial charge on any atom is -0.489 e. The first-order valence-electron chi connectivity index (χ1n) is 8.20. The van der Waals surface area contributed by atoms with E-state index in [1.165, 1.54) is 0 Å². The van der Waals surface area contributed by atoms with E-state index in [0.717, 1.165) is 16.8 Å². The minimum atomic E-state index is -0.404. The molecule has 6 heteroatoms. The van der Waals surface area contributed by atoms with Crippen LogP contribution >= 0.6 is 23.2 Å². The molecule has 1 heterocycles. The third-order valence-electron chi connectivity index (χ3n) is 4.77. The second-order valence-corrected chi connectivity index (χ2v) is 8.01. The van der Waals surface area contributed by atoms with Gasteiger partial charge in [-0.2, -0.15) is 0 Å². The summed E-state index contributed by atoms with van der Waals surface area (Å²) in [6.45, 7) is 8.56. The van der Waals surface area contributed by atoms with Gasteiger partial charge < -0.3 is 14.0 Å². The van der Waals surface area contributed by atoms with E-state index < -0.39 is 7.12 Å². The van der Waals surface area contributed by atoms with E-state index >= 15 is 0 Å². The first-order valence-corrected chi connectivity index (χ1v) is 8.96. The molecule has 2 aromatic rings. The van der Waals surface area contributed by atoms with Crippen molar-refractivity contribution in [2.75, 3.05) is 0 Å². The third kappa shape index (κ3) is 3.98. The maximum Gasteiger partial charge on any atom is 0.494 e. The average molecular weight is 379 g/mol. The van der Waals surface area contributed by atoms with Gasteiger partial charge in [-0.25, -0.2) is 0 Å². The van der Waals surface area contributed by atoms with Crippen LogP contribution in [0.4, 0.5) is 0 Å². The molecule has 1 saturated heterocycles. The minimum absolute atomic E-state index is 0.366. The molecule has 0 aliphatic carbocycles. The lowest BCUT2D eigenvalue weighted by atomic mass is 9.79. The number of ether oxygens (including phenoxy) is 1. The first kappa shape index (κ1) is 18.6. The smallest absolute Gasteiger partial charge is 0.489 e. The summed E-state index contributed by atoms with van der Waals surface area (Å²) >= 11 is 12.0. The fourth-order valence-corrected chi connectivity index (χ4v) is 2.85. The summed E-state index contributed by atoms with van der Waals surface area (Å²) in [6, 6.07) is 13.2. The van der Waals surface area contributed by atoms with Crippen LogP contribution in [0.2, 0.25) is 10.0 Å². The molecule has 25 heavy (non-hydrogen) atoms. The van der Waals surface area contributed by atoms with Gasteiger partial charge in [0, 0.05) is 0 Å². The molecule has 132 valence electrons. The van der Waals surface area contributed by atoms with E-state index in [-0.39, 0.29) is 11.2 Å². The highest BCUT2D eigenvalue weighted by molar-refractivity contribution is 6.62. The molecule has 1 aliphatic rings. The molecule has 2 aromatic carbocycles. The van der Waals surface area contributed by atoms with Gasteiger partial charge in [-0.3, -0.25) is 0 Å². The molecular weight excluding hydrogens is 358 g/mol. The molecule has 1 fully saturated rings. The van der Waals surface area contributed by atoms with Crippen LogP contribution in [0.5, 0.6) is 5.75 Å². The second kappa shape index (κ2) is 6.84. The molecule has 0 amide bonds. The van der Waals surface area contributed by atoms with E-state index in [0.29, 0.717) is 16.7 Å². The highest BCUT2D eigenvalue weighted by Gasteiger charge is 2.51. The molecule has 0 saturated carbocycles. The highest BCUT2D eigenvalue weighted by atomic mass is 35.5. The maximum absolute atomic E-state index is 6.09. The van der Waals surface area contributed by atoms with Gasteiger partial charge >= 0.3 is 7.12 Å². The Morgan fingerprint density at radius 2 is 1.60 bits per heavy atom. The standard InChI is InChI=1S/C19H21BCl2O3/c1-18(2)19(3,4)25-20(24-18)14-6-5-7-15(11-14)23-12-13-8-9-16(21)17(22)10-13/h5-11H,12H2,1-4H3. The number of rotatable bonds is 4. The van der Waals surface area contributed by atoms with Crippen LogP contribution in [0.25, 0.3) is 0 Å². The number of hydrogen-bond acceptors (Lipinski definition) is 3. The summed E-state index contributed by atoms with van der Waals surface area (Å²) < 4.78 is 18.1. The Labute approximate surface area is 159 Å². The molecule has 0 aromatic heterocycles. The summed E-state index contributed by atoms with van der Waals surface area (Å²) in [7, 11) is -0.404. The maximum atomic E-state index is 6.09. The fraction of sp³-hybridized carbons (Fsp3) is 0.368. The topological polar surface area (TPSA) is 27.7 Å². The van der Waals surface area contributed by atoms with Crippen molar-refractivity contribution in [3.63, 3.8) is 0 Å². The highest BCUT2D eigenvalue weighted by Crippen LogP contribution is 2.36. The third-order valence-corrected chi connectivity index (χ3v) is 5.51. The lowest BCUT2D eigenvalue weighted by Crippen LogP contribution is -2.41. The predicted molar refractivity (Wildman–Crippen MR) is 103 cm³/mol. The van der Waals surface area contributed by atoms with Crippen molar-refractivity contribution in [3.05, 3.63) is 58.1 Å². The summed E-state index contributed by atoms with van der Waals surface area (Å²) in [5, 5.41) is 1.06. The fourth-order valence-electron chi connectivity index (χ4n) is 2.53. The van der Waals surface area contributed by atoms with Crippen LogP contribution in [-0.4, -0.2) is 18.3 Å². The van der Waals surface area contributed by atoms with Gasteiger partial charge in [0.25, 0.3) is 0 Å². The zero-order valence-corrected chi connectivity index (χ0v) is 16.3. The van der Waals surface area contributed by atoms with Crippen LogP contribution in [0.15, 0.2) is 42.5 Å². The van der Waals surface area contributed by atoms with E-state index in [1.54, 1.807) is 6.07 Å². The van der Waals surface area contributed by atoms with E-state index in [1.807, 2.05) is 64.1 Å². The van der Waals surface area contributed by atoms with Gasteiger partial charge in [0.1, 0.15) is 12.4 Å². The summed E-state index contributed by atoms with van der Waals surface area (Å²) in [6.07, 6.45) is 0. The molecule has 0 bridgehead atoms. The Balaban J connectivity index is 1.71. The molecule has 0 N–H and O–H groups in total. The number of halogens is 2. The molecule has 3 rings (SSSR count). The Morgan fingerprint density at radius 1 is 0.920 bits per heavy atom. The van der Waals surface area contributed by atoms with Crippen molar-refractivity contribution in [3.8, 4) is 5.75 Å². The zero-order valence-electron chi connectivity index (χ0n) is 14.8. The van der Waals surface area contributed by atoms with Crippen molar-refractivity contribution in [1.29, 1.82) is 0 Å². The van der Waals surface area contributed by atoms with E-state index in [4.69, 9.17) is 37.2 Å². The molecule has 0 unspecified atom stereocenters. The molecule has 3 nitrogen and oxygen atoms in total. The lowest BCUT2D eigenvalue weighted by Gasteiger charge is -2.32. The van der Waals surface area contributed by atoms with Crippen molar-refractivity contribution in [2.24, 2.45) is 0 Å². The van der Waals surface area contributed by atoms with Crippen LogP contribution in [0, 0.1) is 0 Å². The average Bonchev–Trinajstić information content (AvgIpc) is 2.77. The van der Waals surface area contributed by atoms with Crippen LogP contribution in [0.3, 0.4) is 0 Å². The molecule has 0 spiro atoms. The largest absolute Gasteiger partial charge is 0.494 e. The lowest BCUT2D eigenvalue weighted by molar-refractivity contribution is 0.00578. The van der Waals surface area contributed by atoms with Gasteiger partial charge in [-0.15, -0.1) is 0 Å². The molecule has 0 atom stereocenters. The van der Waals surface area contributed by atoms with Crippen molar-refractivity contribution >= 4 is 35.8 Å². The quantitative estimate of drug-likeness (QED) is 0.710.